The zero-order valence-corrected chi connectivity index (χ0v) is 11.4. The second-order valence-corrected chi connectivity index (χ2v) is 4.21. The molecule has 1 heterocycles. The highest BCUT2D eigenvalue weighted by Gasteiger charge is 2.04. The topological polar surface area (TPSA) is 82.1 Å². The average molecular weight is 273 g/mol. The number of nitrogens with zero attached hydrogens (tertiary/aromatic N) is 2. The van der Waals surface area contributed by atoms with Gasteiger partial charge in [-0.15, -0.1) is 0 Å². The number of rotatable bonds is 7. The van der Waals surface area contributed by atoms with Crippen molar-refractivity contribution in [2.45, 2.75) is 6.42 Å². The van der Waals surface area contributed by atoms with Crippen molar-refractivity contribution in [3.05, 3.63) is 36.4 Å². The summed E-state index contributed by atoms with van der Waals surface area (Å²) in [6.45, 7) is 0.827. The van der Waals surface area contributed by atoms with Gasteiger partial charge in [-0.05, 0) is 18.6 Å². The number of benzene rings is 1. The lowest BCUT2D eigenvalue weighted by molar-refractivity contribution is 0.292. The molecular formula is C14H19N5O. The SMILES string of the molecule is CNc1cc(NCCCO)nc(Nc2ccccc2)n1. The first-order valence-corrected chi connectivity index (χ1v) is 6.55. The van der Waals surface area contributed by atoms with Gasteiger partial charge in [0, 0.05) is 32.0 Å². The van der Waals surface area contributed by atoms with Crippen molar-refractivity contribution in [2.75, 3.05) is 36.1 Å². The molecule has 6 nitrogen and oxygen atoms in total. The summed E-state index contributed by atoms with van der Waals surface area (Å²) in [6.07, 6.45) is 0.681. The molecule has 2 rings (SSSR count). The minimum atomic E-state index is 0.159. The molecule has 6 heteroatoms. The second kappa shape index (κ2) is 7.30. The molecule has 0 spiro atoms. The van der Waals surface area contributed by atoms with E-state index < -0.39 is 0 Å². The van der Waals surface area contributed by atoms with E-state index in [9.17, 15) is 0 Å². The maximum Gasteiger partial charge on any atom is 0.231 e. The molecule has 0 aliphatic rings. The Balaban J connectivity index is 2.13. The zero-order valence-electron chi connectivity index (χ0n) is 11.4. The summed E-state index contributed by atoms with van der Waals surface area (Å²) in [5.41, 5.74) is 0.932. The van der Waals surface area contributed by atoms with E-state index in [1.807, 2.05) is 43.4 Å². The van der Waals surface area contributed by atoms with E-state index in [0.29, 0.717) is 18.9 Å². The van der Waals surface area contributed by atoms with E-state index in [2.05, 4.69) is 25.9 Å². The van der Waals surface area contributed by atoms with Crippen LogP contribution in [-0.2, 0) is 0 Å². The summed E-state index contributed by atoms with van der Waals surface area (Å²) < 4.78 is 0. The van der Waals surface area contributed by atoms with Crippen LogP contribution in [-0.4, -0.2) is 35.3 Å². The van der Waals surface area contributed by atoms with Gasteiger partial charge in [-0.25, -0.2) is 0 Å². The standard InChI is InChI=1S/C14H19N5O/c1-15-12-10-13(16-8-5-9-20)19-14(18-12)17-11-6-3-2-4-7-11/h2-4,6-7,10,20H,5,8-9H2,1H3,(H3,15,16,17,18,19). The fourth-order valence-electron chi connectivity index (χ4n) is 1.67. The fraction of sp³-hybridized carbons (Fsp3) is 0.286. The third kappa shape index (κ3) is 4.10. The molecule has 0 bridgehead atoms. The number of aromatic nitrogens is 2. The van der Waals surface area contributed by atoms with Crippen LogP contribution in [0.15, 0.2) is 36.4 Å². The van der Waals surface area contributed by atoms with Gasteiger partial charge in [-0.1, -0.05) is 18.2 Å². The molecule has 106 valence electrons. The van der Waals surface area contributed by atoms with Gasteiger partial charge in [0.2, 0.25) is 5.95 Å². The Kier molecular flexibility index (Phi) is 5.14. The molecule has 0 aliphatic heterocycles. The molecule has 0 atom stereocenters. The number of aliphatic hydroxyl groups excluding tert-OH is 1. The molecule has 0 unspecified atom stereocenters. The highest BCUT2D eigenvalue weighted by molar-refractivity contribution is 5.58. The molecule has 1 aromatic heterocycles. The van der Waals surface area contributed by atoms with Crippen molar-refractivity contribution >= 4 is 23.3 Å². The summed E-state index contributed by atoms with van der Waals surface area (Å²) in [7, 11) is 1.81. The van der Waals surface area contributed by atoms with E-state index in [0.717, 1.165) is 17.3 Å². The van der Waals surface area contributed by atoms with Crippen LogP contribution in [0, 0.1) is 0 Å². The van der Waals surface area contributed by atoms with Crippen LogP contribution in [0.2, 0.25) is 0 Å². The van der Waals surface area contributed by atoms with Crippen LogP contribution in [0.1, 0.15) is 6.42 Å². The van der Waals surface area contributed by atoms with Crippen LogP contribution < -0.4 is 16.0 Å². The molecule has 0 amide bonds. The van der Waals surface area contributed by atoms with Gasteiger partial charge in [-0.3, -0.25) is 0 Å². The molecule has 0 saturated carbocycles. The third-order valence-electron chi connectivity index (χ3n) is 2.65. The van der Waals surface area contributed by atoms with E-state index in [-0.39, 0.29) is 6.61 Å². The van der Waals surface area contributed by atoms with Crippen molar-refractivity contribution in [2.24, 2.45) is 0 Å². The van der Waals surface area contributed by atoms with Crippen molar-refractivity contribution in [1.29, 1.82) is 0 Å². The van der Waals surface area contributed by atoms with E-state index in [1.54, 1.807) is 0 Å². The molecule has 0 saturated heterocycles. The van der Waals surface area contributed by atoms with E-state index in [4.69, 9.17) is 5.11 Å². The maximum absolute atomic E-state index is 8.80. The van der Waals surface area contributed by atoms with E-state index in [1.165, 1.54) is 0 Å². The number of hydrogen-bond donors (Lipinski definition) is 4. The van der Waals surface area contributed by atoms with Crippen molar-refractivity contribution < 1.29 is 5.11 Å². The van der Waals surface area contributed by atoms with Crippen LogP contribution in [0.5, 0.6) is 0 Å². The molecule has 0 fully saturated rings. The van der Waals surface area contributed by atoms with Gasteiger partial charge >= 0.3 is 0 Å². The molecular weight excluding hydrogens is 254 g/mol. The Labute approximate surface area is 118 Å². The van der Waals surface area contributed by atoms with E-state index >= 15 is 0 Å². The lowest BCUT2D eigenvalue weighted by Crippen LogP contribution is -2.08. The van der Waals surface area contributed by atoms with Crippen molar-refractivity contribution in [3.8, 4) is 0 Å². The van der Waals surface area contributed by atoms with Gasteiger partial charge in [0.05, 0.1) is 0 Å². The van der Waals surface area contributed by atoms with Crippen molar-refractivity contribution in [1.82, 2.24) is 9.97 Å². The highest BCUT2D eigenvalue weighted by Crippen LogP contribution is 2.17. The first-order chi connectivity index (χ1) is 9.81. The van der Waals surface area contributed by atoms with Gasteiger partial charge in [0.15, 0.2) is 0 Å². The molecule has 4 N–H and O–H groups in total. The van der Waals surface area contributed by atoms with Crippen LogP contribution in [0.3, 0.4) is 0 Å². The number of nitrogens with one attached hydrogen (secondary N) is 3. The largest absolute Gasteiger partial charge is 0.396 e. The number of aliphatic hydroxyl groups is 1. The lowest BCUT2D eigenvalue weighted by atomic mass is 10.3. The monoisotopic (exact) mass is 273 g/mol. The van der Waals surface area contributed by atoms with Crippen LogP contribution in [0.4, 0.5) is 23.3 Å². The summed E-state index contributed by atoms with van der Waals surface area (Å²) >= 11 is 0. The second-order valence-electron chi connectivity index (χ2n) is 4.21. The highest BCUT2D eigenvalue weighted by atomic mass is 16.3. The summed E-state index contributed by atoms with van der Waals surface area (Å²) in [5.74, 6) is 1.97. The minimum absolute atomic E-state index is 0.159. The first kappa shape index (κ1) is 14.1. The van der Waals surface area contributed by atoms with Gasteiger partial charge in [0.25, 0.3) is 0 Å². The predicted molar refractivity (Wildman–Crippen MR) is 81.5 cm³/mol. The predicted octanol–water partition coefficient (Wildman–Crippen LogP) is 2.06. The Bertz CT molecular complexity index is 532. The Morgan fingerprint density at radius 3 is 2.55 bits per heavy atom. The average Bonchev–Trinajstić information content (AvgIpc) is 2.48. The smallest absolute Gasteiger partial charge is 0.231 e. The van der Waals surface area contributed by atoms with Crippen molar-refractivity contribution in [3.63, 3.8) is 0 Å². The fourth-order valence-corrected chi connectivity index (χ4v) is 1.67. The molecule has 20 heavy (non-hydrogen) atoms. The summed E-state index contributed by atoms with van der Waals surface area (Å²) in [6, 6.07) is 11.6. The zero-order chi connectivity index (χ0) is 14.2. The molecule has 2 aromatic rings. The Hall–Kier alpha value is -2.34. The van der Waals surface area contributed by atoms with Crippen LogP contribution in [0.25, 0.3) is 0 Å². The maximum atomic E-state index is 8.80. The number of hydrogen-bond acceptors (Lipinski definition) is 6. The van der Waals surface area contributed by atoms with Gasteiger partial charge in [-0.2, -0.15) is 9.97 Å². The lowest BCUT2D eigenvalue weighted by Gasteiger charge is -2.10. The van der Waals surface area contributed by atoms with Crippen LogP contribution >= 0.6 is 0 Å². The Morgan fingerprint density at radius 1 is 1.10 bits per heavy atom. The van der Waals surface area contributed by atoms with Gasteiger partial charge in [0.1, 0.15) is 11.6 Å². The molecule has 1 aromatic carbocycles. The third-order valence-corrected chi connectivity index (χ3v) is 2.65. The Morgan fingerprint density at radius 2 is 1.85 bits per heavy atom. The number of anilines is 4. The quantitative estimate of drug-likeness (QED) is 0.578. The summed E-state index contributed by atoms with van der Waals surface area (Å²) in [4.78, 5) is 8.75. The number of para-hydroxylation sites is 1. The minimum Gasteiger partial charge on any atom is -0.396 e. The first-order valence-electron chi connectivity index (χ1n) is 6.55. The normalized spacial score (nSPS) is 10.1. The molecule has 0 radical (unpaired) electrons. The molecule has 0 aliphatic carbocycles. The summed E-state index contributed by atoms with van der Waals surface area (Å²) in [5, 5.41) is 18.1. The van der Waals surface area contributed by atoms with Gasteiger partial charge < -0.3 is 21.1 Å².